The summed E-state index contributed by atoms with van der Waals surface area (Å²) in [7, 11) is 0. The molecular formula is C22H25N3O6S. The Balaban J connectivity index is 1.22. The minimum atomic E-state index is -1.40. The zero-order valence-corrected chi connectivity index (χ0v) is 18.8. The second kappa shape index (κ2) is 8.78. The summed E-state index contributed by atoms with van der Waals surface area (Å²) >= 11 is -1.40. The maximum Gasteiger partial charge on any atom is 0.322 e. The first-order chi connectivity index (χ1) is 15.4. The van der Waals surface area contributed by atoms with Gasteiger partial charge in [0.25, 0.3) is 0 Å². The average Bonchev–Trinajstić information content (AvgIpc) is 3.20. The molecule has 1 unspecified atom stereocenters. The highest BCUT2D eigenvalue weighted by Crippen LogP contribution is 2.34. The number of nitrogens with one attached hydrogen (secondary N) is 1. The molecule has 5 rings (SSSR count). The Bertz CT molecular complexity index is 1050. The molecule has 3 aromatic rings. The van der Waals surface area contributed by atoms with Gasteiger partial charge in [-0.3, -0.25) is 9.97 Å². The molecule has 1 saturated heterocycles. The molecule has 1 N–H and O–H groups in total. The van der Waals surface area contributed by atoms with Gasteiger partial charge in [-0.1, -0.05) is 0 Å². The van der Waals surface area contributed by atoms with E-state index in [1.807, 2.05) is 19.9 Å². The predicted molar refractivity (Wildman–Crippen MR) is 116 cm³/mol. The monoisotopic (exact) mass is 459 g/mol. The molecule has 2 aliphatic heterocycles. The molecular weight excluding hydrogens is 434 g/mol. The number of aromatic amines is 1. The van der Waals surface area contributed by atoms with E-state index in [9.17, 15) is 4.55 Å². The average molecular weight is 460 g/mol. The Labute approximate surface area is 188 Å². The van der Waals surface area contributed by atoms with E-state index >= 15 is 0 Å². The van der Waals surface area contributed by atoms with Crippen molar-refractivity contribution in [2.75, 3.05) is 33.0 Å². The number of nitrogens with zero attached hydrogens (tertiary/aromatic N) is 2. The van der Waals surface area contributed by atoms with E-state index in [1.165, 1.54) is 0 Å². The van der Waals surface area contributed by atoms with Gasteiger partial charge in [-0.15, -0.1) is 0 Å². The molecule has 9 nitrogen and oxygen atoms in total. The number of aromatic nitrogens is 3. The zero-order chi connectivity index (χ0) is 22.1. The molecule has 32 heavy (non-hydrogen) atoms. The SMILES string of the molecule is CC1(C)OCC(COc2ccnc(C[S+]([O-])c3nc4cc5c(cc4[nH]3)OCCO5)c2)CO1. The van der Waals surface area contributed by atoms with Crippen LogP contribution in [0.4, 0.5) is 0 Å². The van der Waals surface area contributed by atoms with E-state index < -0.39 is 17.0 Å². The van der Waals surface area contributed by atoms with Crippen molar-refractivity contribution in [2.45, 2.75) is 30.5 Å². The first-order valence-corrected chi connectivity index (χ1v) is 11.8. The van der Waals surface area contributed by atoms with E-state index in [2.05, 4.69) is 15.0 Å². The van der Waals surface area contributed by atoms with Gasteiger partial charge in [-0.25, -0.2) is 0 Å². The van der Waals surface area contributed by atoms with Crippen molar-refractivity contribution in [3.05, 3.63) is 36.2 Å². The highest BCUT2D eigenvalue weighted by molar-refractivity contribution is 7.90. The highest BCUT2D eigenvalue weighted by Gasteiger charge is 2.28. The molecule has 1 aromatic carbocycles. The fraction of sp³-hybridized carbons (Fsp3) is 0.455. The van der Waals surface area contributed by atoms with Crippen molar-refractivity contribution in [3.8, 4) is 17.2 Å². The molecule has 1 atom stereocenters. The van der Waals surface area contributed by atoms with Crippen LogP contribution in [0.3, 0.4) is 0 Å². The fourth-order valence-electron chi connectivity index (χ4n) is 3.50. The largest absolute Gasteiger partial charge is 0.609 e. The second-order valence-electron chi connectivity index (χ2n) is 8.23. The van der Waals surface area contributed by atoms with Gasteiger partial charge in [0.05, 0.1) is 36.5 Å². The maximum absolute atomic E-state index is 12.9. The van der Waals surface area contributed by atoms with Crippen molar-refractivity contribution in [1.82, 2.24) is 15.0 Å². The van der Waals surface area contributed by atoms with Gasteiger partial charge in [-0.05, 0) is 19.9 Å². The Hall–Kier alpha value is -2.53. The van der Waals surface area contributed by atoms with E-state index in [1.54, 1.807) is 24.4 Å². The Morgan fingerprint density at radius 1 is 1.16 bits per heavy atom. The van der Waals surface area contributed by atoms with Crippen LogP contribution in [0.2, 0.25) is 0 Å². The minimum absolute atomic E-state index is 0.156. The lowest BCUT2D eigenvalue weighted by Crippen LogP contribution is -2.41. The number of imidazole rings is 1. The maximum atomic E-state index is 12.9. The molecule has 4 heterocycles. The molecule has 0 aliphatic carbocycles. The summed E-state index contributed by atoms with van der Waals surface area (Å²) in [5.74, 6) is 1.81. The Morgan fingerprint density at radius 3 is 2.69 bits per heavy atom. The number of H-pyrrole nitrogens is 1. The lowest BCUT2D eigenvalue weighted by Gasteiger charge is -2.34. The second-order valence-corrected chi connectivity index (χ2v) is 9.59. The van der Waals surface area contributed by atoms with E-state index in [4.69, 9.17) is 23.7 Å². The number of fused-ring (bicyclic) bond motifs is 2. The van der Waals surface area contributed by atoms with Crippen molar-refractivity contribution in [3.63, 3.8) is 0 Å². The van der Waals surface area contributed by atoms with Gasteiger partial charge >= 0.3 is 5.16 Å². The van der Waals surface area contributed by atoms with E-state index in [0.29, 0.717) is 66.7 Å². The van der Waals surface area contributed by atoms with Crippen LogP contribution in [0.5, 0.6) is 17.2 Å². The minimum Gasteiger partial charge on any atom is -0.609 e. The zero-order valence-electron chi connectivity index (χ0n) is 18.0. The predicted octanol–water partition coefficient (Wildman–Crippen LogP) is 2.81. The molecule has 2 aromatic heterocycles. The summed E-state index contributed by atoms with van der Waals surface area (Å²) in [4.78, 5) is 11.9. The summed E-state index contributed by atoms with van der Waals surface area (Å²) in [5, 5.41) is 0.384. The Kier molecular flexibility index (Phi) is 5.85. The first kappa shape index (κ1) is 21.3. The van der Waals surface area contributed by atoms with Crippen molar-refractivity contribution in [2.24, 2.45) is 5.92 Å². The third-order valence-electron chi connectivity index (χ3n) is 5.23. The van der Waals surface area contributed by atoms with Gasteiger partial charge in [0, 0.05) is 41.5 Å². The summed E-state index contributed by atoms with van der Waals surface area (Å²) in [6, 6.07) is 7.21. The lowest BCUT2D eigenvalue weighted by molar-refractivity contribution is -0.264. The molecule has 0 spiro atoms. The summed E-state index contributed by atoms with van der Waals surface area (Å²) in [6.07, 6.45) is 1.65. The van der Waals surface area contributed by atoms with Crippen LogP contribution in [0.1, 0.15) is 19.5 Å². The van der Waals surface area contributed by atoms with Crippen LogP contribution in [0.25, 0.3) is 11.0 Å². The summed E-state index contributed by atoms with van der Waals surface area (Å²) in [5.41, 5.74) is 2.09. The number of benzene rings is 1. The smallest absolute Gasteiger partial charge is 0.322 e. The van der Waals surface area contributed by atoms with Crippen LogP contribution in [-0.4, -0.2) is 58.3 Å². The topological polar surface area (TPSA) is 111 Å². The summed E-state index contributed by atoms with van der Waals surface area (Å²) in [6.45, 7) is 6.45. The number of hydrogen-bond acceptors (Lipinski definition) is 8. The standard InChI is InChI=1S/C22H25N3O6S/c1-22(2)30-11-14(12-31-22)10-29-16-3-4-23-15(7-16)13-32(26)21-24-17-8-19-20(9-18(17)25-21)28-6-5-27-19/h3-4,7-9,14H,5-6,10-13H2,1-2H3,(H,24,25). The normalized spacial score (nSPS) is 19.1. The molecule has 0 saturated carbocycles. The van der Waals surface area contributed by atoms with Gasteiger partial charge in [0.15, 0.2) is 23.0 Å². The van der Waals surface area contributed by atoms with Crippen LogP contribution in [-0.2, 0) is 26.4 Å². The third-order valence-corrected chi connectivity index (χ3v) is 6.41. The van der Waals surface area contributed by atoms with Crippen molar-refractivity contribution < 1.29 is 28.2 Å². The molecule has 0 amide bonds. The number of rotatable bonds is 6. The van der Waals surface area contributed by atoms with Crippen LogP contribution in [0.15, 0.2) is 35.6 Å². The van der Waals surface area contributed by atoms with Gasteiger partial charge in [-0.2, -0.15) is 4.98 Å². The quantitative estimate of drug-likeness (QED) is 0.560. The van der Waals surface area contributed by atoms with Crippen LogP contribution < -0.4 is 14.2 Å². The molecule has 170 valence electrons. The first-order valence-electron chi connectivity index (χ1n) is 10.5. The molecule has 2 aliphatic rings. The molecule has 10 heteroatoms. The third kappa shape index (κ3) is 4.78. The molecule has 1 fully saturated rings. The van der Waals surface area contributed by atoms with Crippen molar-refractivity contribution in [1.29, 1.82) is 0 Å². The molecule has 0 bridgehead atoms. The highest BCUT2D eigenvalue weighted by atomic mass is 32.2. The van der Waals surface area contributed by atoms with Crippen molar-refractivity contribution >= 4 is 22.2 Å². The van der Waals surface area contributed by atoms with Crippen LogP contribution in [0, 0.1) is 5.92 Å². The van der Waals surface area contributed by atoms with Crippen LogP contribution >= 0.6 is 0 Å². The number of ether oxygens (including phenoxy) is 5. The lowest BCUT2D eigenvalue weighted by atomic mass is 10.1. The van der Waals surface area contributed by atoms with Gasteiger partial charge < -0.3 is 28.2 Å². The van der Waals surface area contributed by atoms with E-state index in [0.717, 1.165) is 5.52 Å². The summed E-state index contributed by atoms with van der Waals surface area (Å²) < 4.78 is 41.3. The fourth-order valence-corrected chi connectivity index (χ4v) is 4.48. The molecule has 0 radical (unpaired) electrons. The van der Waals surface area contributed by atoms with Gasteiger partial charge in [0.2, 0.25) is 0 Å². The van der Waals surface area contributed by atoms with E-state index in [-0.39, 0.29) is 11.7 Å². The number of pyridine rings is 1. The van der Waals surface area contributed by atoms with Gasteiger partial charge in [0.1, 0.15) is 19.0 Å². The Morgan fingerprint density at radius 2 is 1.91 bits per heavy atom. The number of hydrogen-bond donors (Lipinski definition) is 1.